The first kappa shape index (κ1) is 24.1. The summed E-state index contributed by atoms with van der Waals surface area (Å²) in [5.41, 5.74) is -1.64. The molecule has 3 atom stereocenters. The number of likely N-dealkylation sites (N-methyl/N-ethyl adjacent to an activating group) is 1. The van der Waals surface area contributed by atoms with Crippen LogP contribution in [0.1, 0.15) is 47.4 Å². The van der Waals surface area contributed by atoms with Crippen LogP contribution in [0.5, 0.6) is 0 Å². The minimum Gasteiger partial charge on any atom is -0.479 e. The molecule has 0 radical (unpaired) electrons. The number of amides is 5. The number of nitrogens with one attached hydrogen (secondary N) is 1. The van der Waals surface area contributed by atoms with Crippen molar-refractivity contribution in [3.05, 3.63) is 35.4 Å². The Balaban J connectivity index is 1.86. The molecule has 11 heteroatoms. The number of carboxylic acids is 1. The molecule has 0 bridgehead atoms. The Kier molecular flexibility index (Phi) is 6.37. The molecule has 1 saturated heterocycles. The van der Waals surface area contributed by atoms with Crippen LogP contribution >= 0.6 is 0 Å². The standard InChI is InChI=1S/C22H26N4O7/c1-12(24(3)4)17(28)23-22(2,21(32)33)11-25-16(27)10-9-15(20(25)31)26-18(29)13-7-5-6-8-14(13)19(26)30/h5-8,12,15H,9-11H2,1-4H3,(H,23,28)(H,32,33)/t12?,15-,22-/m0/s1. The highest BCUT2D eigenvalue weighted by molar-refractivity contribution is 6.23. The van der Waals surface area contributed by atoms with Crippen LogP contribution in [0.2, 0.25) is 0 Å². The highest BCUT2D eigenvalue weighted by atomic mass is 16.4. The van der Waals surface area contributed by atoms with Crippen molar-refractivity contribution in [3.63, 3.8) is 0 Å². The minimum absolute atomic E-state index is 0.0621. The largest absolute Gasteiger partial charge is 0.479 e. The molecule has 33 heavy (non-hydrogen) atoms. The van der Waals surface area contributed by atoms with Gasteiger partial charge in [0.05, 0.1) is 23.7 Å². The van der Waals surface area contributed by atoms with Gasteiger partial charge in [-0.3, -0.25) is 38.7 Å². The van der Waals surface area contributed by atoms with Crippen LogP contribution in [-0.2, 0) is 19.2 Å². The van der Waals surface area contributed by atoms with Gasteiger partial charge in [0.15, 0.2) is 5.54 Å². The first-order valence-electron chi connectivity index (χ1n) is 10.4. The summed E-state index contributed by atoms with van der Waals surface area (Å²) in [5.74, 6) is -4.82. The minimum atomic E-state index is -1.98. The van der Waals surface area contributed by atoms with Crippen molar-refractivity contribution < 1.29 is 33.9 Å². The van der Waals surface area contributed by atoms with Gasteiger partial charge in [0.2, 0.25) is 11.8 Å². The number of carbonyl (C=O) groups excluding carboxylic acids is 5. The van der Waals surface area contributed by atoms with Gasteiger partial charge in [-0.05, 0) is 46.5 Å². The number of nitrogens with zero attached hydrogens (tertiary/aromatic N) is 3. The third-order valence-corrected chi connectivity index (χ3v) is 6.12. The van der Waals surface area contributed by atoms with E-state index in [1.165, 1.54) is 19.1 Å². The van der Waals surface area contributed by atoms with Crippen molar-refractivity contribution >= 4 is 35.5 Å². The average molecular weight is 458 g/mol. The van der Waals surface area contributed by atoms with Gasteiger partial charge < -0.3 is 10.4 Å². The number of fused-ring (bicyclic) bond motifs is 1. The molecule has 0 aromatic heterocycles. The lowest BCUT2D eigenvalue weighted by Gasteiger charge is -2.38. The number of piperidine rings is 1. The molecule has 0 saturated carbocycles. The number of carbonyl (C=O) groups is 6. The van der Waals surface area contributed by atoms with Gasteiger partial charge in [0.1, 0.15) is 6.04 Å². The zero-order valence-corrected chi connectivity index (χ0v) is 18.8. The van der Waals surface area contributed by atoms with Crippen molar-refractivity contribution in [1.29, 1.82) is 0 Å². The number of carboxylic acid groups (broad SMARTS) is 1. The third-order valence-electron chi connectivity index (χ3n) is 6.12. The first-order chi connectivity index (χ1) is 15.4. The predicted octanol–water partition coefficient (Wildman–Crippen LogP) is -0.290. The lowest BCUT2D eigenvalue weighted by Crippen LogP contribution is -2.65. The molecule has 1 fully saturated rings. The number of rotatable bonds is 7. The zero-order valence-electron chi connectivity index (χ0n) is 18.8. The molecule has 0 aliphatic carbocycles. The topological polar surface area (TPSA) is 144 Å². The van der Waals surface area contributed by atoms with E-state index in [-0.39, 0.29) is 24.0 Å². The molecule has 1 aromatic rings. The van der Waals surface area contributed by atoms with Crippen LogP contribution in [0.15, 0.2) is 24.3 Å². The van der Waals surface area contributed by atoms with Crippen LogP contribution < -0.4 is 5.32 Å². The van der Waals surface area contributed by atoms with Crippen LogP contribution in [-0.4, -0.2) is 93.6 Å². The normalized spacial score (nSPS) is 21.2. The van der Waals surface area contributed by atoms with Gasteiger partial charge in [-0.2, -0.15) is 0 Å². The van der Waals surface area contributed by atoms with Crippen molar-refractivity contribution in [1.82, 2.24) is 20.0 Å². The smallest absolute Gasteiger partial charge is 0.331 e. The van der Waals surface area contributed by atoms with E-state index in [2.05, 4.69) is 5.32 Å². The Morgan fingerprint density at radius 3 is 2.18 bits per heavy atom. The van der Waals surface area contributed by atoms with Crippen molar-refractivity contribution in [2.75, 3.05) is 20.6 Å². The molecule has 1 aromatic carbocycles. The van der Waals surface area contributed by atoms with E-state index < -0.39 is 59.7 Å². The number of imide groups is 2. The van der Waals surface area contributed by atoms with Gasteiger partial charge >= 0.3 is 5.97 Å². The number of aliphatic carboxylic acids is 1. The number of benzene rings is 1. The zero-order chi connectivity index (χ0) is 24.7. The van der Waals surface area contributed by atoms with E-state index >= 15 is 0 Å². The summed E-state index contributed by atoms with van der Waals surface area (Å²) in [4.78, 5) is 79.1. The number of hydrogen-bond acceptors (Lipinski definition) is 7. The fourth-order valence-corrected chi connectivity index (χ4v) is 3.81. The maximum absolute atomic E-state index is 13.2. The van der Waals surface area contributed by atoms with Crippen LogP contribution in [0.25, 0.3) is 0 Å². The van der Waals surface area contributed by atoms with E-state index in [1.54, 1.807) is 38.1 Å². The van der Waals surface area contributed by atoms with E-state index in [9.17, 15) is 33.9 Å². The summed E-state index contributed by atoms with van der Waals surface area (Å²) in [7, 11) is 3.29. The Labute approximate surface area is 190 Å². The monoisotopic (exact) mass is 458 g/mol. The Bertz CT molecular complexity index is 1020. The van der Waals surface area contributed by atoms with Crippen LogP contribution in [0.4, 0.5) is 0 Å². The molecule has 176 valence electrons. The first-order valence-corrected chi connectivity index (χ1v) is 10.4. The fourth-order valence-electron chi connectivity index (χ4n) is 3.81. The quantitative estimate of drug-likeness (QED) is 0.531. The van der Waals surface area contributed by atoms with E-state index in [0.717, 1.165) is 4.90 Å². The lowest BCUT2D eigenvalue weighted by atomic mass is 9.96. The van der Waals surface area contributed by atoms with Gasteiger partial charge in [-0.15, -0.1) is 0 Å². The molecular formula is C22H26N4O7. The molecule has 2 N–H and O–H groups in total. The highest BCUT2D eigenvalue weighted by Gasteiger charge is 2.49. The maximum Gasteiger partial charge on any atom is 0.331 e. The average Bonchev–Trinajstić information content (AvgIpc) is 3.01. The Morgan fingerprint density at radius 1 is 1.15 bits per heavy atom. The summed E-state index contributed by atoms with van der Waals surface area (Å²) in [6.45, 7) is 2.13. The maximum atomic E-state index is 13.2. The number of hydrogen-bond donors (Lipinski definition) is 2. The SMILES string of the molecule is CC(C(=O)N[C@@](C)(CN1C(=O)CC[C@H](N2C(=O)c3ccccc3C2=O)C1=O)C(=O)O)N(C)C. The van der Waals surface area contributed by atoms with Crippen molar-refractivity contribution in [2.24, 2.45) is 0 Å². The van der Waals surface area contributed by atoms with Gasteiger partial charge in [-0.25, -0.2) is 4.79 Å². The molecule has 11 nitrogen and oxygen atoms in total. The Hall–Kier alpha value is -3.60. The fraction of sp³-hybridized carbons (Fsp3) is 0.455. The molecule has 5 amide bonds. The molecule has 1 unspecified atom stereocenters. The molecular weight excluding hydrogens is 432 g/mol. The Morgan fingerprint density at radius 2 is 1.70 bits per heavy atom. The summed E-state index contributed by atoms with van der Waals surface area (Å²) < 4.78 is 0. The molecule has 2 aliphatic rings. The van der Waals surface area contributed by atoms with Crippen LogP contribution in [0, 0.1) is 0 Å². The second-order valence-electron chi connectivity index (χ2n) is 8.66. The van der Waals surface area contributed by atoms with E-state index in [0.29, 0.717) is 4.90 Å². The highest BCUT2D eigenvalue weighted by Crippen LogP contribution is 2.29. The van der Waals surface area contributed by atoms with Gasteiger partial charge in [0, 0.05) is 6.42 Å². The van der Waals surface area contributed by atoms with Gasteiger partial charge in [-0.1, -0.05) is 12.1 Å². The van der Waals surface area contributed by atoms with Crippen LogP contribution in [0.3, 0.4) is 0 Å². The predicted molar refractivity (Wildman–Crippen MR) is 114 cm³/mol. The summed E-state index contributed by atoms with van der Waals surface area (Å²) in [5, 5.41) is 12.2. The molecule has 3 rings (SSSR count). The molecule has 0 spiro atoms. The summed E-state index contributed by atoms with van der Waals surface area (Å²) >= 11 is 0. The van der Waals surface area contributed by atoms with Crippen molar-refractivity contribution in [3.8, 4) is 0 Å². The second kappa shape index (κ2) is 8.74. The summed E-state index contributed by atoms with van der Waals surface area (Å²) in [6.07, 6.45) is -0.227. The lowest BCUT2D eigenvalue weighted by molar-refractivity contribution is -0.157. The number of likely N-dealkylation sites (tertiary alicyclic amines) is 1. The second-order valence-corrected chi connectivity index (χ2v) is 8.66. The van der Waals surface area contributed by atoms with Gasteiger partial charge in [0.25, 0.3) is 17.7 Å². The molecule has 2 heterocycles. The molecule has 2 aliphatic heterocycles. The summed E-state index contributed by atoms with van der Waals surface area (Å²) in [6, 6.07) is 4.25. The van der Waals surface area contributed by atoms with E-state index in [4.69, 9.17) is 0 Å². The van der Waals surface area contributed by atoms with E-state index in [1.807, 2.05) is 0 Å². The van der Waals surface area contributed by atoms with Crippen molar-refractivity contribution in [2.45, 2.75) is 44.3 Å². The third kappa shape index (κ3) is 4.23.